The second-order valence-corrected chi connectivity index (χ2v) is 4.53. The average molecular weight is 300 g/mol. The monoisotopic (exact) mass is 300 g/mol. The summed E-state index contributed by atoms with van der Waals surface area (Å²) in [5, 5.41) is 20.3. The second kappa shape index (κ2) is 5.74. The number of hydrogen-bond donors (Lipinski definition) is 1. The topological polar surface area (TPSA) is 97.0 Å². The maximum atomic E-state index is 13.5. The molecule has 0 saturated carbocycles. The number of thioether (sulfide) groups is 1. The molecule has 1 aliphatic rings. The maximum absolute atomic E-state index is 13.5. The lowest BCUT2D eigenvalue weighted by Crippen LogP contribution is -2.19. The molecule has 20 heavy (non-hydrogen) atoms. The Labute approximate surface area is 114 Å². The lowest BCUT2D eigenvalue weighted by atomic mass is 10.2. The summed E-state index contributed by atoms with van der Waals surface area (Å²) in [6.07, 6.45) is 0.797. The highest BCUT2D eigenvalue weighted by Crippen LogP contribution is 2.21. The first-order valence-corrected chi connectivity index (χ1v) is 6.13. The lowest BCUT2D eigenvalue weighted by Gasteiger charge is -1.99. The largest absolute Gasteiger partial charge is 0.303 e. The minimum atomic E-state index is -1.12. The fraction of sp³-hybridized carbons (Fsp3) is 0.100. The number of nitro groups is 1. The predicted molar refractivity (Wildman–Crippen MR) is 68.6 cm³/mol. The molecule has 1 aromatic carbocycles. The SMILES string of the molecule is O=C1CSC(=NN=Cc2c(F)cc(F)cc2[N+](=O)[O-])N1. The summed E-state index contributed by atoms with van der Waals surface area (Å²) in [4.78, 5) is 20.6. The number of nitrogens with zero attached hydrogens (tertiary/aromatic N) is 3. The Kier molecular flexibility index (Phi) is 4.03. The van der Waals surface area contributed by atoms with Gasteiger partial charge in [-0.15, -0.1) is 5.10 Å². The Balaban J connectivity index is 2.29. The molecule has 1 amide bonds. The van der Waals surface area contributed by atoms with Gasteiger partial charge < -0.3 is 5.32 Å². The van der Waals surface area contributed by atoms with Crippen LogP contribution in [0.1, 0.15) is 5.56 Å². The zero-order chi connectivity index (χ0) is 14.7. The van der Waals surface area contributed by atoms with Crippen molar-refractivity contribution in [1.29, 1.82) is 0 Å². The summed E-state index contributed by atoms with van der Waals surface area (Å²) in [5.41, 5.74) is -1.25. The zero-order valence-corrected chi connectivity index (χ0v) is 10.5. The summed E-state index contributed by atoms with van der Waals surface area (Å²) in [7, 11) is 0. The quantitative estimate of drug-likeness (QED) is 0.518. The molecular weight excluding hydrogens is 294 g/mol. The molecule has 1 saturated heterocycles. The molecule has 1 N–H and O–H groups in total. The number of carbonyl (C=O) groups excluding carboxylic acids is 1. The van der Waals surface area contributed by atoms with Crippen LogP contribution in [0.4, 0.5) is 14.5 Å². The minimum absolute atomic E-state index is 0.194. The summed E-state index contributed by atoms with van der Waals surface area (Å²) in [6.45, 7) is 0. The van der Waals surface area contributed by atoms with Gasteiger partial charge in [0, 0.05) is 6.07 Å². The number of hydrogen-bond acceptors (Lipinski definition) is 6. The minimum Gasteiger partial charge on any atom is -0.303 e. The van der Waals surface area contributed by atoms with Gasteiger partial charge in [-0.2, -0.15) is 5.10 Å². The van der Waals surface area contributed by atoms with Crippen molar-refractivity contribution in [3.05, 3.63) is 39.4 Å². The molecule has 1 aliphatic heterocycles. The van der Waals surface area contributed by atoms with Crippen LogP contribution in [0.2, 0.25) is 0 Å². The first kappa shape index (κ1) is 14.1. The van der Waals surface area contributed by atoms with Gasteiger partial charge in [-0.3, -0.25) is 14.9 Å². The maximum Gasteiger partial charge on any atom is 0.284 e. The van der Waals surface area contributed by atoms with Gasteiger partial charge in [0.15, 0.2) is 5.17 Å². The molecule has 0 bridgehead atoms. The van der Waals surface area contributed by atoms with Crippen LogP contribution in [0, 0.1) is 21.7 Å². The van der Waals surface area contributed by atoms with E-state index in [4.69, 9.17) is 0 Å². The number of amidine groups is 1. The van der Waals surface area contributed by atoms with E-state index in [0.717, 1.165) is 18.0 Å². The molecule has 104 valence electrons. The van der Waals surface area contributed by atoms with Crippen molar-refractivity contribution in [3.8, 4) is 0 Å². The van der Waals surface area contributed by atoms with Crippen LogP contribution in [0.15, 0.2) is 22.3 Å². The number of nitrogens with one attached hydrogen (secondary N) is 1. The van der Waals surface area contributed by atoms with Crippen molar-refractivity contribution in [1.82, 2.24) is 5.32 Å². The molecule has 1 fully saturated rings. The van der Waals surface area contributed by atoms with Gasteiger partial charge in [0.2, 0.25) is 5.91 Å². The van der Waals surface area contributed by atoms with Crippen LogP contribution in [-0.4, -0.2) is 28.0 Å². The number of amides is 1. The molecule has 7 nitrogen and oxygen atoms in total. The van der Waals surface area contributed by atoms with Crippen molar-refractivity contribution in [3.63, 3.8) is 0 Å². The van der Waals surface area contributed by atoms with Gasteiger partial charge >= 0.3 is 0 Å². The smallest absolute Gasteiger partial charge is 0.284 e. The summed E-state index contributed by atoms with van der Waals surface area (Å²) >= 11 is 1.09. The molecule has 10 heteroatoms. The number of carbonyl (C=O) groups is 1. The van der Waals surface area contributed by atoms with Gasteiger partial charge in [-0.05, 0) is 0 Å². The number of benzene rings is 1. The molecule has 0 aliphatic carbocycles. The normalized spacial score (nSPS) is 16.9. The fourth-order valence-electron chi connectivity index (χ4n) is 1.37. The van der Waals surface area contributed by atoms with Crippen molar-refractivity contribution in [2.45, 2.75) is 0 Å². The Morgan fingerprint density at radius 2 is 2.20 bits per heavy atom. The molecular formula is C10H6F2N4O3S. The predicted octanol–water partition coefficient (Wildman–Crippen LogP) is 1.43. The van der Waals surface area contributed by atoms with Crippen LogP contribution in [-0.2, 0) is 4.79 Å². The zero-order valence-electron chi connectivity index (χ0n) is 9.67. The van der Waals surface area contributed by atoms with E-state index >= 15 is 0 Å². The molecule has 0 atom stereocenters. The van der Waals surface area contributed by atoms with Crippen molar-refractivity contribution in [2.24, 2.45) is 10.2 Å². The van der Waals surface area contributed by atoms with Gasteiger partial charge in [0.25, 0.3) is 5.69 Å². The standard InChI is InChI=1S/C10H6F2N4O3S/c11-5-1-7(12)6(8(2-5)16(18)19)3-13-15-10-14-9(17)4-20-10/h1-3H,4H2,(H,14,15,17). The second-order valence-electron chi connectivity index (χ2n) is 3.56. The highest BCUT2D eigenvalue weighted by Gasteiger charge is 2.19. The van der Waals surface area contributed by atoms with E-state index < -0.39 is 27.8 Å². The number of halogens is 2. The third-order valence-corrected chi connectivity index (χ3v) is 3.05. The molecule has 2 rings (SSSR count). The first-order chi connectivity index (χ1) is 9.47. The lowest BCUT2D eigenvalue weighted by molar-refractivity contribution is -0.385. The van der Waals surface area contributed by atoms with E-state index in [9.17, 15) is 23.7 Å². The number of nitro benzene ring substituents is 1. The van der Waals surface area contributed by atoms with E-state index in [1.165, 1.54) is 0 Å². The van der Waals surface area contributed by atoms with Crippen molar-refractivity contribution >= 4 is 34.7 Å². The van der Waals surface area contributed by atoms with E-state index in [0.29, 0.717) is 12.1 Å². The van der Waals surface area contributed by atoms with E-state index in [1.54, 1.807) is 0 Å². The molecule has 1 aromatic rings. The van der Waals surface area contributed by atoms with Crippen LogP contribution in [0.3, 0.4) is 0 Å². The van der Waals surface area contributed by atoms with Gasteiger partial charge in [-0.25, -0.2) is 8.78 Å². The van der Waals surface area contributed by atoms with Crippen LogP contribution >= 0.6 is 11.8 Å². The first-order valence-electron chi connectivity index (χ1n) is 5.14. The Bertz CT molecular complexity index is 648. The molecule has 0 unspecified atom stereocenters. The molecule has 0 radical (unpaired) electrons. The van der Waals surface area contributed by atoms with Crippen molar-refractivity contribution < 1.29 is 18.5 Å². The van der Waals surface area contributed by atoms with Crippen molar-refractivity contribution in [2.75, 3.05) is 5.75 Å². The highest BCUT2D eigenvalue weighted by molar-refractivity contribution is 8.15. The highest BCUT2D eigenvalue weighted by atomic mass is 32.2. The number of rotatable bonds is 3. The third kappa shape index (κ3) is 3.15. The summed E-state index contributed by atoms with van der Waals surface area (Å²) in [5.74, 6) is -2.23. The Morgan fingerprint density at radius 1 is 1.45 bits per heavy atom. The van der Waals surface area contributed by atoms with Crippen LogP contribution in [0.5, 0.6) is 0 Å². The molecule has 1 heterocycles. The van der Waals surface area contributed by atoms with E-state index in [-0.39, 0.29) is 16.8 Å². The average Bonchev–Trinajstić information content (AvgIpc) is 2.77. The summed E-state index contributed by atoms with van der Waals surface area (Å²) in [6, 6.07) is 1.09. The van der Waals surface area contributed by atoms with Crippen LogP contribution < -0.4 is 5.32 Å². The fourth-order valence-corrected chi connectivity index (χ4v) is 2.00. The third-order valence-electron chi connectivity index (χ3n) is 2.19. The van der Waals surface area contributed by atoms with E-state index in [1.807, 2.05) is 0 Å². The van der Waals surface area contributed by atoms with Crippen LogP contribution in [0.25, 0.3) is 0 Å². The molecule has 0 spiro atoms. The van der Waals surface area contributed by atoms with E-state index in [2.05, 4.69) is 15.5 Å². The Morgan fingerprint density at radius 3 is 2.80 bits per heavy atom. The molecule has 0 aromatic heterocycles. The van der Waals surface area contributed by atoms with Gasteiger partial charge in [0.05, 0.1) is 23.0 Å². The van der Waals surface area contributed by atoms with Gasteiger partial charge in [-0.1, -0.05) is 11.8 Å². The van der Waals surface area contributed by atoms with Gasteiger partial charge in [0.1, 0.15) is 17.2 Å². The Hall–Kier alpha value is -2.36. The summed E-state index contributed by atoms with van der Waals surface area (Å²) < 4.78 is 26.4.